The Morgan fingerprint density at radius 1 is 1.17 bits per heavy atom. The lowest BCUT2D eigenvalue weighted by atomic mass is 9.82. The van der Waals surface area contributed by atoms with Gasteiger partial charge in [0.05, 0.1) is 37.7 Å². The van der Waals surface area contributed by atoms with E-state index in [2.05, 4.69) is 75.1 Å². The number of anilines is 1. The molecular weight excluding hydrogens is 438 g/mol. The van der Waals surface area contributed by atoms with Crippen molar-refractivity contribution in [1.29, 1.82) is 10.5 Å². The zero-order valence-corrected chi connectivity index (χ0v) is 20.8. The van der Waals surface area contributed by atoms with E-state index in [-0.39, 0.29) is 29.7 Å². The van der Waals surface area contributed by atoms with E-state index >= 15 is 0 Å². The number of quaternary nitrogens is 1. The van der Waals surface area contributed by atoms with Gasteiger partial charge in [0.25, 0.3) is 0 Å². The van der Waals surface area contributed by atoms with Crippen LogP contribution in [0.3, 0.4) is 0 Å². The zero-order chi connectivity index (χ0) is 25.0. The summed E-state index contributed by atoms with van der Waals surface area (Å²) in [6, 6.07) is 14.3. The van der Waals surface area contributed by atoms with Crippen LogP contribution in [0.15, 0.2) is 60.5 Å². The standard InChI is InChI=1S/C28H30N5O2/c1-28(2,3)17-32-23-9-7-19(13-24(23)33(4,5)27-26(32)35-27)22-14-21(8-6-20(22)16-30)34-25-12-18(15-29)10-11-31-25/h6-14,20,22,26-27H,17H2,1-5H3/q+1. The molecule has 0 radical (unpaired) electrons. The molecule has 1 fully saturated rings. The summed E-state index contributed by atoms with van der Waals surface area (Å²) in [6.45, 7) is 7.63. The maximum absolute atomic E-state index is 9.87. The average molecular weight is 469 g/mol. The second kappa shape index (κ2) is 8.23. The molecule has 7 heteroatoms. The van der Waals surface area contributed by atoms with Crippen LogP contribution in [-0.4, -0.2) is 38.1 Å². The third-order valence-corrected chi connectivity index (χ3v) is 6.78. The zero-order valence-electron chi connectivity index (χ0n) is 20.8. The van der Waals surface area contributed by atoms with Gasteiger partial charge in [-0.3, -0.25) is 9.22 Å². The SMILES string of the molecule is CC(C)(C)CN1c2ccc(C3C=C(Oc4cc(C#N)ccn4)C=CC3C#N)cc2[N+](C)(C)C2OC21. The van der Waals surface area contributed by atoms with Crippen molar-refractivity contribution in [3.8, 4) is 18.0 Å². The normalized spacial score (nSPS) is 26.0. The second-order valence-electron chi connectivity index (χ2n) is 11.1. The van der Waals surface area contributed by atoms with E-state index < -0.39 is 0 Å². The molecule has 178 valence electrons. The molecule has 4 unspecified atom stereocenters. The minimum absolute atomic E-state index is 0.101. The van der Waals surface area contributed by atoms with Gasteiger partial charge in [0.1, 0.15) is 11.4 Å². The second-order valence-corrected chi connectivity index (χ2v) is 11.1. The van der Waals surface area contributed by atoms with Gasteiger partial charge in [-0.1, -0.05) is 32.9 Å². The summed E-state index contributed by atoms with van der Waals surface area (Å²) < 4.78 is 12.7. The molecule has 2 aromatic rings. The van der Waals surface area contributed by atoms with Gasteiger partial charge in [0, 0.05) is 30.8 Å². The molecule has 5 rings (SSSR count). The van der Waals surface area contributed by atoms with Crippen molar-refractivity contribution >= 4 is 11.4 Å². The van der Waals surface area contributed by atoms with Crippen molar-refractivity contribution in [2.75, 3.05) is 25.5 Å². The van der Waals surface area contributed by atoms with Crippen molar-refractivity contribution in [1.82, 2.24) is 9.47 Å². The number of nitrogens with zero attached hydrogens (tertiary/aromatic N) is 5. The summed E-state index contributed by atoms with van der Waals surface area (Å²) in [5, 5.41) is 19.0. The molecule has 0 saturated carbocycles. The van der Waals surface area contributed by atoms with Crippen LogP contribution in [0.1, 0.15) is 37.8 Å². The monoisotopic (exact) mass is 468 g/mol. The maximum Gasteiger partial charge on any atom is 0.246 e. The topological polar surface area (TPSA) is 85.5 Å². The smallest absolute Gasteiger partial charge is 0.246 e. The first kappa shape index (κ1) is 23.1. The molecule has 0 amide bonds. The van der Waals surface area contributed by atoms with Gasteiger partial charge in [0.15, 0.2) is 5.69 Å². The Kier molecular flexibility index (Phi) is 5.44. The molecule has 0 bridgehead atoms. The number of pyridine rings is 1. The van der Waals surface area contributed by atoms with Crippen molar-refractivity contribution in [2.45, 2.75) is 39.1 Å². The van der Waals surface area contributed by atoms with Gasteiger partial charge >= 0.3 is 0 Å². The molecule has 35 heavy (non-hydrogen) atoms. The van der Waals surface area contributed by atoms with E-state index in [4.69, 9.17) is 14.7 Å². The third-order valence-electron chi connectivity index (χ3n) is 6.78. The predicted octanol–water partition coefficient (Wildman–Crippen LogP) is 4.82. The average Bonchev–Trinajstić information content (AvgIpc) is 3.63. The number of likely N-dealkylation sites (N-methyl/N-ethyl adjacent to an activating group) is 1. The fraction of sp³-hybridized carbons (Fsp3) is 0.393. The fourth-order valence-electron chi connectivity index (χ4n) is 5.01. The van der Waals surface area contributed by atoms with Crippen LogP contribution in [0.4, 0.5) is 11.4 Å². The maximum atomic E-state index is 9.87. The van der Waals surface area contributed by atoms with E-state index in [9.17, 15) is 5.26 Å². The van der Waals surface area contributed by atoms with Crippen molar-refractivity contribution < 1.29 is 9.47 Å². The largest absolute Gasteiger partial charge is 0.439 e. The lowest BCUT2D eigenvalue weighted by molar-refractivity contribution is 0.247. The highest BCUT2D eigenvalue weighted by Gasteiger charge is 2.61. The van der Waals surface area contributed by atoms with E-state index in [1.165, 1.54) is 11.4 Å². The Morgan fingerprint density at radius 3 is 2.69 bits per heavy atom. The number of hydrogen-bond acceptors (Lipinski definition) is 6. The van der Waals surface area contributed by atoms with Crippen LogP contribution in [-0.2, 0) is 4.74 Å². The number of allylic oxidation sites excluding steroid dienone is 3. The number of nitriles is 2. The third kappa shape index (κ3) is 4.30. The Hall–Kier alpha value is -3.65. The number of aromatic nitrogens is 1. The fourth-order valence-corrected chi connectivity index (χ4v) is 5.01. The van der Waals surface area contributed by atoms with E-state index in [0.29, 0.717) is 21.7 Å². The molecule has 4 atom stereocenters. The first-order valence-corrected chi connectivity index (χ1v) is 11.8. The molecule has 1 aromatic heterocycles. The lowest BCUT2D eigenvalue weighted by Gasteiger charge is -2.40. The van der Waals surface area contributed by atoms with Crippen molar-refractivity contribution in [2.24, 2.45) is 11.3 Å². The first-order chi connectivity index (χ1) is 16.6. The van der Waals surface area contributed by atoms with Gasteiger partial charge in [-0.25, -0.2) is 4.98 Å². The summed E-state index contributed by atoms with van der Waals surface area (Å²) in [4.78, 5) is 6.59. The summed E-state index contributed by atoms with van der Waals surface area (Å²) >= 11 is 0. The molecule has 7 nitrogen and oxygen atoms in total. The Morgan fingerprint density at radius 2 is 1.97 bits per heavy atom. The van der Waals surface area contributed by atoms with E-state index in [0.717, 1.165) is 12.1 Å². The molecule has 0 spiro atoms. The van der Waals surface area contributed by atoms with Gasteiger partial charge in [-0.05, 0) is 35.3 Å². The highest BCUT2D eigenvalue weighted by atomic mass is 16.6. The number of fused-ring (bicyclic) bond motifs is 2. The number of rotatable bonds is 4. The molecule has 3 heterocycles. The van der Waals surface area contributed by atoms with Crippen molar-refractivity contribution in [3.63, 3.8) is 0 Å². The molecule has 1 saturated heterocycles. The highest BCUT2D eigenvalue weighted by Crippen LogP contribution is 2.51. The highest BCUT2D eigenvalue weighted by molar-refractivity contribution is 5.74. The summed E-state index contributed by atoms with van der Waals surface area (Å²) in [5.74, 6) is 0.481. The van der Waals surface area contributed by atoms with Crippen LogP contribution < -0.4 is 14.1 Å². The first-order valence-electron chi connectivity index (χ1n) is 11.8. The van der Waals surface area contributed by atoms with Crippen LogP contribution in [0, 0.1) is 34.0 Å². The summed E-state index contributed by atoms with van der Waals surface area (Å²) in [7, 11) is 4.37. The number of ether oxygens (including phenoxy) is 2. The predicted molar refractivity (Wildman–Crippen MR) is 134 cm³/mol. The molecule has 2 aliphatic heterocycles. The van der Waals surface area contributed by atoms with Crippen LogP contribution in [0.5, 0.6) is 5.88 Å². The van der Waals surface area contributed by atoms with E-state index in [1.807, 2.05) is 12.2 Å². The molecule has 1 aliphatic carbocycles. The summed E-state index contributed by atoms with van der Waals surface area (Å²) in [5.41, 5.74) is 4.05. The number of hydrogen-bond donors (Lipinski definition) is 0. The number of benzene rings is 1. The quantitative estimate of drug-likeness (QED) is 0.472. The Balaban J connectivity index is 1.50. The van der Waals surface area contributed by atoms with Gasteiger partial charge in [-0.15, -0.1) is 0 Å². The van der Waals surface area contributed by atoms with Crippen LogP contribution in [0.2, 0.25) is 0 Å². The Labute approximate surface area is 206 Å². The van der Waals surface area contributed by atoms with E-state index in [1.54, 1.807) is 24.4 Å². The molecular formula is C28H30N5O2+. The molecule has 0 N–H and O–H groups in total. The van der Waals surface area contributed by atoms with Gasteiger partial charge in [-0.2, -0.15) is 10.5 Å². The summed E-state index contributed by atoms with van der Waals surface area (Å²) in [6.07, 6.45) is 7.41. The van der Waals surface area contributed by atoms with Gasteiger partial charge < -0.3 is 9.64 Å². The Bertz CT molecular complexity index is 1310. The number of epoxide rings is 1. The van der Waals surface area contributed by atoms with Gasteiger partial charge in [0.2, 0.25) is 18.3 Å². The molecule has 1 aromatic carbocycles. The lowest BCUT2D eigenvalue weighted by Crippen LogP contribution is -2.52. The minimum atomic E-state index is -0.311. The van der Waals surface area contributed by atoms with Crippen molar-refractivity contribution in [3.05, 3.63) is 71.6 Å². The van der Waals surface area contributed by atoms with Crippen LogP contribution in [0.25, 0.3) is 0 Å². The van der Waals surface area contributed by atoms with Crippen LogP contribution >= 0.6 is 0 Å². The molecule has 3 aliphatic rings. The minimum Gasteiger partial charge on any atom is -0.439 e.